The molecule has 5 heteroatoms. The molecule has 0 N–H and O–H groups in total. The average molecular weight is 356 g/mol. The van der Waals surface area contributed by atoms with E-state index in [-0.39, 0.29) is 34.7 Å². The van der Waals surface area contributed by atoms with E-state index in [9.17, 15) is 9.59 Å². The lowest BCUT2D eigenvalue weighted by Gasteiger charge is -2.64. The Morgan fingerprint density at radius 1 is 1.23 bits per heavy atom. The molecule has 0 amide bonds. The molecule has 1 aliphatic heterocycles. The van der Waals surface area contributed by atoms with Gasteiger partial charge in [0.25, 0.3) is 0 Å². The molecule has 1 aromatic heterocycles. The molecule has 0 aromatic carbocycles. The van der Waals surface area contributed by atoms with Crippen LogP contribution in [0.1, 0.15) is 50.7 Å². The van der Waals surface area contributed by atoms with E-state index in [2.05, 4.69) is 13.0 Å². The fraction of sp³-hybridized carbons (Fsp3) is 0.619. The second kappa shape index (κ2) is 5.24. The lowest BCUT2D eigenvalue weighted by molar-refractivity contribution is -0.199. The molecule has 0 bridgehead atoms. The second-order valence-electron chi connectivity index (χ2n) is 8.64. The topological polar surface area (TPSA) is 65.7 Å². The van der Waals surface area contributed by atoms with Crippen LogP contribution in [0.5, 0.6) is 0 Å². The SMILES string of the molecule is COC1=C[C@@]23CC[C@H]4C(=O)O[C@H](c5ccoc5)C[C@]4(C)[C@H]2C(=O)CC[C@@H]13. The minimum Gasteiger partial charge on any atom is -0.501 e. The van der Waals surface area contributed by atoms with Gasteiger partial charge in [-0.05, 0) is 43.2 Å². The van der Waals surface area contributed by atoms with E-state index in [0.29, 0.717) is 24.5 Å². The molecule has 138 valence electrons. The molecule has 4 aliphatic rings. The first-order chi connectivity index (χ1) is 12.5. The Balaban J connectivity index is 1.58. The zero-order chi connectivity index (χ0) is 18.1. The highest BCUT2D eigenvalue weighted by molar-refractivity contribution is 5.87. The van der Waals surface area contributed by atoms with Crippen molar-refractivity contribution in [3.8, 4) is 0 Å². The molecule has 1 spiro atoms. The molecule has 3 aliphatic carbocycles. The van der Waals surface area contributed by atoms with Gasteiger partial charge in [-0.1, -0.05) is 6.92 Å². The lowest BCUT2D eigenvalue weighted by Crippen LogP contribution is -2.63. The van der Waals surface area contributed by atoms with Crippen molar-refractivity contribution in [2.24, 2.45) is 28.6 Å². The van der Waals surface area contributed by atoms with Crippen LogP contribution in [0.15, 0.2) is 34.8 Å². The molecule has 1 aromatic rings. The van der Waals surface area contributed by atoms with Crippen LogP contribution < -0.4 is 0 Å². The van der Waals surface area contributed by atoms with Crippen molar-refractivity contribution in [1.82, 2.24) is 0 Å². The average Bonchev–Trinajstić information content (AvgIpc) is 3.12. The summed E-state index contributed by atoms with van der Waals surface area (Å²) in [6, 6.07) is 1.85. The number of ether oxygens (including phenoxy) is 2. The Bertz CT molecular complexity index is 793. The fourth-order valence-electron chi connectivity index (χ4n) is 6.51. The molecule has 5 nitrogen and oxygen atoms in total. The minimum atomic E-state index is -0.388. The number of fused-ring (bicyclic) bond motifs is 2. The summed E-state index contributed by atoms with van der Waals surface area (Å²) >= 11 is 0. The van der Waals surface area contributed by atoms with Crippen molar-refractivity contribution in [1.29, 1.82) is 0 Å². The third-order valence-electron chi connectivity index (χ3n) is 7.58. The van der Waals surface area contributed by atoms with Gasteiger partial charge in [0.2, 0.25) is 0 Å². The van der Waals surface area contributed by atoms with E-state index in [1.54, 1.807) is 19.6 Å². The summed E-state index contributed by atoms with van der Waals surface area (Å²) in [7, 11) is 1.71. The second-order valence-corrected chi connectivity index (χ2v) is 8.64. The van der Waals surface area contributed by atoms with Gasteiger partial charge < -0.3 is 13.9 Å². The van der Waals surface area contributed by atoms with Crippen LogP contribution in [0.2, 0.25) is 0 Å². The van der Waals surface area contributed by atoms with E-state index >= 15 is 0 Å². The van der Waals surface area contributed by atoms with Gasteiger partial charge in [-0.2, -0.15) is 0 Å². The van der Waals surface area contributed by atoms with Crippen LogP contribution in [0.3, 0.4) is 0 Å². The predicted octanol–water partition coefficient (Wildman–Crippen LogP) is 3.81. The van der Waals surface area contributed by atoms with Crippen LogP contribution in [0.25, 0.3) is 0 Å². The van der Waals surface area contributed by atoms with Crippen LogP contribution in [-0.4, -0.2) is 18.9 Å². The van der Waals surface area contributed by atoms with Gasteiger partial charge in [-0.3, -0.25) is 9.59 Å². The number of hydrogen-bond donors (Lipinski definition) is 0. The number of rotatable bonds is 2. The highest BCUT2D eigenvalue weighted by Gasteiger charge is 2.68. The summed E-state index contributed by atoms with van der Waals surface area (Å²) in [5, 5.41) is 0. The van der Waals surface area contributed by atoms with Gasteiger partial charge >= 0.3 is 5.97 Å². The summed E-state index contributed by atoms with van der Waals surface area (Å²) in [5.41, 5.74) is 0.352. The van der Waals surface area contributed by atoms with Crippen LogP contribution in [-0.2, 0) is 19.1 Å². The highest BCUT2D eigenvalue weighted by Crippen LogP contribution is 2.69. The maximum absolute atomic E-state index is 13.1. The van der Waals surface area contributed by atoms with Gasteiger partial charge in [0.1, 0.15) is 11.9 Å². The Morgan fingerprint density at radius 3 is 2.81 bits per heavy atom. The van der Waals surface area contributed by atoms with E-state index in [1.165, 1.54) is 0 Å². The zero-order valence-electron chi connectivity index (χ0n) is 15.2. The number of ketones is 1. The third kappa shape index (κ3) is 1.86. The van der Waals surface area contributed by atoms with Crippen LogP contribution in [0.4, 0.5) is 0 Å². The van der Waals surface area contributed by atoms with E-state index in [1.807, 2.05) is 6.07 Å². The van der Waals surface area contributed by atoms with Crippen molar-refractivity contribution in [3.63, 3.8) is 0 Å². The number of methoxy groups -OCH3 is 1. The number of allylic oxidation sites excluding steroid dienone is 2. The molecule has 5 rings (SSSR count). The Hall–Kier alpha value is -2.04. The number of carbonyl (C=O) groups excluding carboxylic acids is 2. The summed E-state index contributed by atoms with van der Waals surface area (Å²) in [6.07, 6.45) is 8.85. The predicted molar refractivity (Wildman–Crippen MR) is 91.7 cm³/mol. The van der Waals surface area contributed by atoms with Crippen LogP contribution >= 0.6 is 0 Å². The molecule has 1 saturated heterocycles. The Kier molecular flexibility index (Phi) is 3.26. The molecule has 2 saturated carbocycles. The molecule has 26 heavy (non-hydrogen) atoms. The van der Waals surface area contributed by atoms with Crippen LogP contribution in [0, 0.1) is 28.6 Å². The van der Waals surface area contributed by atoms with Gasteiger partial charge in [0.05, 0.1) is 31.3 Å². The molecule has 0 unspecified atom stereocenters. The smallest absolute Gasteiger partial charge is 0.310 e. The van der Waals surface area contributed by atoms with E-state index < -0.39 is 0 Å². The molecule has 6 atom stereocenters. The molecule has 2 heterocycles. The first kappa shape index (κ1) is 16.2. The Labute approximate surface area is 152 Å². The first-order valence-electron chi connectivity index (χ1n) is 9.51. The summed E-state index contributed by atoms with van der Waals surface area (Å²) in [5.74, 6) is 1.15. The maximum atomic E-state index is 13.1. The zero-order valence-corrected chi connectivity index (χ0v) is 15.2. The Morgan fingerprint density at radius 2 is 2.08 bits per heavy atom. The van der Waals surface area contributed by atoms with Crippen molar-refractivity contribution < 1.29 is 23.5 Å². The normalized spacial score (nSPS) is 44.0. The third-order valence-corrected chi connectivity index (χ3v) is 7.58. The fourth-order valence-corrected chi connectivity index (χ4v) is 6.51. The van der Waals surface area contributed by atoms with Gasteiger partial charge in [-0.15, -0.1) is 0 Å². The standard InChI is InChI=1S/C21H24O5/c1-20-9-16(12-6-8-25-11-12)26-19(23)14(20)5-7-21-10-17(24-2)13(21)3-4-15(22)18(20)21/h6,8,10-11,13-14,16,18H,3-5,7,9H2,1-2H3/t13-,14-,16-,18+,20-,21+/m0/s1. The summed E-state index contributed by atoms with van der Waals surface area (Å²) in [4.78, 5) is 26.0. The minimum absolute atomic E-state index is 0.131. The van der Waals surface area contributed by atoms with Crippen molar-refractivity contribution in [2.45, 2.75) is 45.1 Å². The summed E-state index contributed by atoms with van der Waals surface area (Å²) < 4.78 is 16.5. The van der Waals surface area contributed by atoms with Gasteiger partial charge in [-0.25, -0.2) is 0 Å². The molecule has 0 radical (unpaired) electrons. The van der Waals surface area contributed by atoms with E-state index in [4.69, 9.17) is 13.9 Å². The molecular weight excluding hydrogens is 332 g/mol. The quantitative estimate of drug-likeness (QED) is 0.754. The largest absolute Gasteiger partial charge is 0.501 e. The van der Waals surface area contributed by atoms with Crippen molar-refractivity contribution in [3.05, 3.63) is 36.0 Å². The number of furan rings is 1. The summed E-state index contributed by atoms with van der Waals surface area (Å²) in [6.45, 7) is 2.13. The number of esters is 1. The van der Waals surface area contributed by atoms with Crippen molar-refractivity contribution >= 4 is 11.8 Å². The number of Topliss-reactive ketones (excluding diaryl/α,β-unsaturated/α-hetero) is 1. The number of carbonyl (C=O) groups is 2. The van der Waals surface area contributed by atoms with Gasteiger partial charge in [0.15, 0.2) is 0 Å². The highest BCUT2D eigenvalue weighted by atomic mass is 16.5. The number of hydrogen-bond acceptors (Lipinski definition) is 5. The van der Waals surface area contributed by atoms with Crippen molar-refractivity contribution in [2.75, 3.05) is 7.11 Å². The van der Waals surface area contributed by atoms with Gasteiger partial charge in [0, 0.05) is 29.2 Å². The molecule has 3 fully saturated rings. The van der Waals surface area contributed by atoms with E-state index in [0.717, 1.165) is 30.6 Å². The number of cyclic esters (lactones) is 1. The lowest BCUT2D eigenvalue weighted by atomic mass is 9.39. The monoisotopic (exact) mass is 356 g/mol. The maximum Gasteiger partial charge on any atom is 0.310 e. The molecular formula is C21H24O5. The first-order valence-corrected chi connectivity index (χ1v) is 9.51.